The number of nitrogens with zero attached hydrogens (tertiary/aromatic N) is 3. The fourth-order valence-corrected chi connectivity index (χ4v) is 2.63. The molecule has 0 saturated heterocycles. The number of amides is 1. The van der Waals surface area contributed by atoms with E-state index in [0.29, 0.717) is 17.9 Å². The maximum atomic E-state index is 12.1. The van der Waals surface area contributed by atoms with Crippen molar-refractivity contribution in [2.24, 2.45) is 4.99 Å². The minimum absolute atomic E-state index is 0.162. The molecule has 1 aromatic carbocycles. The molecule has 0 N–H and O–H groups in total. The zero-order valence-electron chi connectivity index (χ0n) is 12.3. The first kappa shape index (κ1) is 13.5. The molecule has 1 unspecified atom stereocenters. The summed E-state index contributed by atoms with van der Waals surface area (Å²) in [7, 11) is 1.73. The minimum atomic E-state index is -0.306. The average Bonchev–Trinajstić information content (AvgIpc) is 2.87. The van der Waals surface area contributed by atoms with E-state index < -0.39 is 0 Å². The summed E-state index contributed by atoms with van der Waals surface area (Å²) in [5, 5.41) is 4.19. The molecule has 1 atom stereocenters. The van der Waals surface area contributed by atoms with Gasteiger partial charge in [0.05, 0.1) is 6.21 Å². The molecule has 108 valence electrons. The van der Waals surface area contributed by atoms with E-state index in [-0.39, 0.29) is 11.9 Å². The first-order valence-corrected chi connectivity index (χ1v) is 6.98. The molecule has 0 spiro atoms. The molecule has 21 heavy (non-hydrogen) atoms. The van der Waals surface area contributed by atoms with Gasteiger partial charge in [-0.15, -0.1) is 0 Å². The number of aromatic nitrogens is 1. The summed E-state index contributed by atoms with van der Waals surface area (Å²) < 4.78 is 5.41. The number of rotatable bonds is 2. The van der Waals surface area contributed by atoms with Gasteiger partial charge in [0.25, 0.3) is 5.91 Å². The molecule has 0 aliphatic carbocycles. The predicted octanol–water partition coefficient (Wildman–Crippen LogP) is 2.68. The van der Waals surface area contributed by atoms with Gasteiger partial charge in [0.15, 0.2) is 5.76 Å². The van der Waals surface area contributed by atoms with E-state index in [0.717, 1.165) is 16.8 Å². The highest BCUT2D eigenvalue weighted by atomic mass is 16.5. The number of benzene rings is 1. The molecule has 3 rings (SSSR count). The molecule has 0 saturated carbocycles. The highest BCUT2D eigenvalue weighted by Gasteiger charge is 2.31. The van der Waals surface area contributed by atoms with E-state index in [1.807, 2.05) is 38.1 Å². The number of anilines is 1. The van der Waals surface area contributed by atoms with Crippen LogP contribution in [0, 0.1) is 6.92 Å². The van der Waals surface area contributed by atoms with Gasteiger partial charge >= 0.3 is 0 Å². The predicted molar refractivity (Wildman–Crippen MR) is 80.8 cm³/mol. The van der Waals surface area contributed by atoms with Crippen LogP contribution in [0.3, 0.4) is 0 Å². The van der Waals surface area contributed by atoms with Crippen molar-refractivity contribution in [1.82, 2.24) is 5.16 Å². The Labute approximate surface area is 123 Å². The molecule has 0 bridgehead atoms. The zero-order chi connectivity index (χ0) is 15.0. The normalized spacial score (nSPS) is 17.8. The molecular formula is C16H17N3O2. The van der Waals surface area contributed by atoms with Crippen molar-refractivity contribution in [3.8, 4) is 0 Å². The molecule has 2 aromatic rings. The van der Waals surface area contributed by atoms with E-state index >= 15 is 0 Å². The van der Waals surface area contributed by atoms with Crippen molar-refractivity contribution in [3.05, 3.63) is 46.8 Å². The van der Waals surface area contributed by atoms with E-state index in [1.54, 1.807) is 11.9 Å². The quantitative estimate of drug-likeness (QED) is 0.851. The number of aryl methyl sites for hydroxylation is 2. The fraction of sp³-hybridized carbons (Fsp3) is 0.312. The van der Waals surface area contributed by atoms with Crippen molar-refractivity contribution in [2.45, 2.75) is 26.3 Å². The van der Waals surface area contributed by atoms with Crippen LogP contribution in [0.5, 0.6) is 0 Å². The lowest BCUT2D eigenvalue weighted by atomic mass is 9.98. The van der Waals surface area contributed by atoms with Crippen molar-refractivity contribution in [1.29, 1.82) is 0 Å². The first-order valence-electron chi connectivity index (χ1n) is 6.98. The Bertz CT molecular complexity index is 718. The Kier molecular flexibility index (Phi) is 3.33. The topological polar surface area (TPSA) is 58.7 Å². The second kappa shape index (κ2) is 5.16. The largest absolute Gasteiger partial charge is 0.359 e. The van der Waals surface area contributed by atoms with Crippen molar-refractivity contribution >= 4 is 17.8 Å². The van der Waals surface area contributed by atoms with Gasteiger partial charge in [-0.05, 0) is 18.1 Å². The Morgan fingerprint density at radius 1 is 1.33 bits per heavy atom. The lowest BCUT2D eigenvalue weighted by Crippen LogP contribution is -2.27. The first-order chi connectivity index (χ1) is 10.1. The summed E-state index contributed by atoms with van der Waals surface area (Å²) in [5.41, 5.74) is 3.59. The molecule has 0 fully saturated rings. The summed E-state index contributed by atoms with van der Waals surface area (Å²) in [4.78, 5) is 18.1. The molecule has 1 amide bonds. The van der Waals surface area contributed by atoms with Crippen LogP contribution in [-0.2, 0) is 11.2 Å². The third kappa shape index (κ3) is 2.14. The Hall–Kier alpha value is -2.43. The van der Waals surface area contributed by atoms with Crippen molar-refractivity contribution in [2.75, 3.05) is 11.9 Å². The summed E-state index contributed by atoms with van der Waals surface area (Å²) in [5.74, 6) is 0.551. The van der Waals surface area contributed by atoms with Gasteiger partial charge in [-0.25, -0.2) is 0 Å². The van der Waals surface area contributed by atoms with Crippen molar-refractivity contribution in [3.63, 3.8) is 0 Å². The molecule has 0 radical (unpaired) electrons. The monoisotopic (exact) mass is 283 g/mol. The second-order valence-corrected chi connectivity index (χ2v) is 5.13. The lowest BCUT2D eigenvalue weighted by Gasteiger charge is -2.15. The minimum Gasteiger partial charge on any atom is -0.359 e. The van der Waals surface area contributed by atoms with Crippen LogP contribution < -0.4 is 4.90 Å². The summed E-state index contributed by atoms with van der Waals surface area (Å²) in [6.07, 6.45) is 2.05. The molecule has 1 aliphatic heterocycles. The molecule has 1 aliphatic rings. The SMILES string of the molecule is CCc1onc2c1N(C)C(=O)C=NC2c1ccccc1C. The van der Waals surface area contributed by atoms with Crippen LogP contribution in [0.25, 0.3) is 0 Å². The molecule has 5 nitrogen and oxygen atoms in total. The van der Waals surface area contributed by atoms with Crippen LogP contribution in [0.15, 0.2) is 33.8 Å². The number of carbonyl (C=O) groups excluding carboxylic acids is 1. The smallest absolute Gasteiger partial charge is 0.268 e. The van der Waals surface area contributed by atoms with Gasteiger partial charge in [-0.2, -0.15) is 0 Å². The summed E-state index contributed by atoms with van der Waals surface area (Å²) >= 11 is 0. The fourth-order valence-electron chi connectivity index (χ4n) is 2.63. The van der Waals surface area contributed by atoms with Gasteiger partial charge in [-0.3, -0.25) is 9.79 Å². The number of fused-ring (bicyclic) bond motifs is 1. The number of hydrogen-bond donors (Lipinski definition) is 0. The van der Waals surface area contributed by atoms with E-state index in [4.69, 9.17) is 4.52 Å². The summed E-state index contributed by atoms with van der Waals surface area (Å²) in [6, 6.07) is 7.69. The van der Waals surface area contributed by atoms with Crippen LogP contribution in [-0.4, -0.2) is 24.3 Å². The maximum absolute atomic E-state index is 12.1. The van der Waals surface area contributed by atoms with E-state index in [1.165, 1.54) is 6.21 Å². The van der Waals surface area contributed by atoms with Gasteiger partial charge in [0.2, 0.25) is 0 Å². The molecule has 2 heterocycles. The third-order valence-corrected chi connectivity index (χ3v) is 3.82. The van der Waals surface area contributed by atoms with Gasteiger partial charge in [0.1, 0.15) is 17.4 Å². The highest BCUT2D eigenvalue weighted by molar-refractivity contribution is 6.33. The zero-order valence-corrected chi connectivity index (χ0v) is 12.3. The van der Waals surface area contributed by atoms with E-state index in [9.17, 15) is 4.79 Å². The van der Waals surface area contributed by atoms with Crippen LogP contribution >= 0.6 is 0 Å². The van der Waals surface area contributed by atoms with Crippen LogP contribution in [0.2, 0.25) is 0 Å². The Balaban J connectivity index is 2.21. The number of carbonyl (C=O) groups is 1. The third-order valence-electron chi connectivity index (χ3n) is 3.82. The number of hydrogen-bond acceptors (Lipinski definition) is 4. The Morgan fingerprint density at radius 3 is 2.81 bits per heavy atom. The van der Waals surface area contributed by atoms with Crippen molar-refractivity contribution < 1.29 is 9.32 Å². The standard InChI is InChI=1S/C16H17N3O2/c1-4-12-16-15(18-21-12)14(17-9-13(20)19(16)3)11-8-6-5-7-10(11)2/h5-9,14H,4H2,1-3H3. The van der Waals surface area contributed by atoms with Gasteiger partial charge in [-0.1, -0.05) is 36.3 Å². The highest BCUT2D eigenvalue weighted by Crippen LogP contribution is 2.37. The van der Waals surface area contributed by atoms with Crippen LogP contribution in [0.1, 0.15) is 35.5 Å². The second-order valence-electron chi connectivity index (χ2n) is 5.13. The van der Waals surface area contributed by atoms with Gasteiger partial charge in [0, 0.05) is 13.5 Å². The number of aliphatic imine (C=N–C) groups is 1. The lowest BCUT2D eigenvalue weighted by molar-refractivity contribution is -0.111. The average molecular weight is 283 g/mol. The molecule has 1 aromatic heterocycles. The molecule has 5 heteroatoms. The summed E-state index contributed by atoms with van der Waals surface area (Å²) in [6.45, 7) is 4.01. The van der Waals surface area contributed by atoms with Crippen LogP contribution in [0.4, 0.5) is 5.69 Å². The molecular weight excluding hydrogens is 266 g/mol. The van der Waals surface area contributed by atoms with E-state index in [2.05, 4.69) is 10.1 Å². The Morgan fingerprint density at radius 2 is 2.10 bits per heavy atom. The van der Waals surface area contributed by atoms with Gasteiger partial charge < -0.3 is 9.42 Å². The maximum Gasteiger partial charge on any atom is 0.268 e.